The smallest absolute Gasteiger partial charge is 0.134 e. The van der Waals surface area contributed by atoms with E-state index in [1.54, 1.807) is 14.0 Å². The van der Waals surface area contributed by atoms with Gasteiger partial charge >= 0.3 is 0 Å². The predicted molar refractivity (Wildman–Crippen MR) is 61.0 cm³/mol. The van der Waals surface area contributed by atoms with Crippen molar-refractivity contribution in [3.8, 4) is 0 Å². The Balaban J connectivity index is 2.81. The fourth-order valence-electron chi connectivity index (χ4n) is 1.59. The summed E-state index contributed by atoms with van der Waals surface area (Å²) in [6.07, 6.45) is 1.57. The number of rotatable bonds is 5. The van der Waals surface area contributed by atoms with Crippen LogP contribution in [0.15, 0.2) is 24.3 Å². The molecule has 0 aliphatic heterocycles. The molecule has 1 aromatic carbocycles. The summed E-state index contributed by atoms with van der Waals surface area (Å²) in [6.45, 7) is 3.65. The number of benzene rings is 1. The van der Waals surface area contributed by atoms with Crippen molar-refractivity contribution < 1.29 is 9.53 Å². The van der Waals surface area contributed by atoms with Crippen molar-refractivity contribution in [2.45, 2.75) is 32.8 Å². The summed E-state index contributed by atoms with van der Waals surface area (Å²) in [5.74, 6) is 0.201. The second-order valence-corrected chi connectivity index (χ2v) is 3.90. The highest BCUT2D eigenvalue weighted by Crippen LogP contribution is 2.13. The zero-order chi connectivity index (χ0) is 11.3. The van der Waals surface area contributed by atoms with Crippen molar-refractivity contribution in [2.75, 3.05) is 7.11 Å². The van der Waals surface area contributed by atoms with Crippen LogP contribution >= 0.6 is 0 Å². The van der Waals surface area contributed by atoms with E-state index in [0.29, 0.717) is 6.42 Å². The van der Waals surface area contributed by atoms with E-state index in [1.807, 2.05) is 25.1 Å². The van der Waals surface area contributed by atoms with E-state index < -0.39 is 0 Å². The lowest BCUT2D eigenvalue weighted by molar-refractivity contribution is -0.116. The van der Waals surface area contributed by atoms with E-state index in [0.717, 1.165) is 12.0 Å². The molecule has 1 rings (SSSR count). The van der Waals surface area contributed by atoms with Crippen LogP contribution < -0.4 is 0 Å². The number of ether oxygens (including phenoxy) is 1. The number of Topliss-reactive ketones (excluding diaryl/α,β-unsaturated/α-hetero) is 1. The highest BCUT2D eigenvalue weighted by molar-refractivity contribution is 5.78. The molecular weight excluding hydrogens is 188 g/mol. The molecular formula is C13H18O2. The number of hydrogen-bond acceptors (Lipinski definition) is 2. The van der Waals surface area contributed by atoms with Gasteiger partial charge in [0.1, 0.15) is 5.78 Å². The van der Waals surface area contributed by atoms with Gasteiger partial charge in [0.2, 0.25) is 0 Å². The number of carbonyl (C=O) groups excluding carboxylic acids is 1. The first kappa shape index (κ1) is 11.9. The molecule has 82 valence electrons. The summed E-state index contributed by atoms with van der Waals surface area (Å²) in [7, 11) is 1.71. The number of ketones is 1. The molecule has 0 radical (unpaired) electrons. The molecule has 0 saturated carbocycles. The van der Waals surface area contributed by atoms with Crippen molar-refractivity contribution in [3.63, 3.8) is 0 Å². The van der Waals surface area contributed by atoms with E-state index in [-0.39, 0.29) is 11.9 Å². The minimum atomic E-state index is 0.193. The first-order valence-corrected chi connectivity index (χ1v) is 5.22. The van der Waals surface area contributed by atoms with E-state index >= 15 is 0 Å². The van der Waals surface area contributed by atoms with Gasteiger partial charge in [0.25, 0.3) is 0 Å². The molecule has 0 spiro atoms. The molecule has 0 aromatic heterocycles. The molecule has 0 saturated heterocycles. The second kappa shape index (κ2) is 5.66. The Morgan fingerprint density at radius 1 is 1.33 bits per heavy atom. The van der Waals surface area contributed by atoms with E-state index in [1.165, 1.54) is 5.56 Å². The SMILES string of the molecule is COC(C)Cc1ccccc1CC(C)=O. The first-order chi connectivity index (χ1) is 7.13. The lowest BCUT2D eigenvalue weighted by Gasteiger charge is -2.12. The molecule has 2 nitrogen and oxygen atoms in total. The van der Waals surface area contributed by atoms with Crippen molar-refractivity contribution in [2.24, 2.45) is 0 Å². The fraction of sp³-hybridized carbons (Fsp3) is 0.462. The number of carbonyl (C=O) groups is 1. The summed E-state index contributed by atoms with van der Waals surface area (Å²) < 4.78 is 5.23. The highest BCUT2D eigenvalue weighted by Gasteiger charge is 2.07. The number of methoxy groups -OCH3 is 1. The van der Waals surface area contributed by atoms with Crippen LogP contribution in [0.4, 0.5) is 0 Å². The molecule has 0 aliphatic carbocycles. The Morgan fingerprint density at radius 3 is 2.47 bits per heavy atom. The lowest BCUT2D eigenvalue weighted by Crippen LogP contribution is -2.11. The standard InChI is InChI=1S/C13H18O2/c1-10(14)8-12-6-4-5-7-13(12)9-11(2)15-3/h4-7,11H,8-9H2,1-3H3. The summed E-state index contributed by atoms with van der Waals surface area (Å²) in [5, 5.41) is 0. The summed E-state index contributed by atoms with van der Waals surface area (Å²) in [6, 6.07) is 8.05. The second-order valence-electron chi connectivity index (χ2n) is 3.90. The van der Waals surface area contributed by atoms with Crippen LogP contribution in [0.1, 0.15) is 25.0 Å². The molecule has 0 fully saturated rings. The van der Waals surface area contributed by atoms with Crippen LogP contribution in [-0.4, -0.2) is 19.0 Å². The Hall–Kier alpha value is -1.15. The molecule has 1 atom stereocenters. The molecule has 0 N–H and O–H groups in total. The van der Waals surface area contributed by atoms with Crippen molar-refractivity contribution >= 4 is 5.78 Å². The van der Waals surface area contributed by atoms with Crippen molar-refractivity contribution in [1.82, 2.24) is 0 Å². The average Bonchev–Trinajstić information content (AvgIpc) is 2.20. The quantitative estimate of drug-likeness (QED) is 0.739. The zero-order valence-corrected chi connectivity index (χ0v) is 9.62. The molecule has 1 aromatic rings. The van der Waals surface area contributed by atoms with Gasteiger partial charge in [0.05, 0.1) is 6.10 Å². The maximum Gasteiger partial charge on any atom is 0.134 e. The summed E-state index contributed by atoms with van der Waals surface area (Å²) >= 11 is 0. The molecule has 2 heteroatoms. The molecule has 15 heavy (non-hydrogen) atoms. The third kappa shape index (κ3) is 3.84. The van der Waals surface area contributed by atoms with Crippen LogP contribution in [0.25, 0.3) is 0 Å². The topological polar surface area (TPSA) is 26.3 Å². The van der Waals surface area contributed by atoms with Crippen LogP contribution in [0.5, 0.6) is 0 Å². The predicted octanol–water partition coefficient (Wildman–Crippen LogP) is 2.40. The van der Waals surface area contributed by atoms with Crippen LogP contribution in [-0.2, 0) is 22.4 Å². The molecule has 0 bridgehead atoms. The summed E-state index contributed by atoms with van der Waals surface area (Å²) in [4.78, 5) is 11.1. The maximum absolute atomic E-state index is 11.1. The number of hydrogen-bond donors (Lipinski definition) is 0. The monoisotopic (exact) mass is 206 g/mol. The lowest BCUT2D eigenvalue weighted by atomic mass is 9.98. The van der Waals surface area contributed by atoms with E-state index in [9.17, 15) is 4.79 Å². The third-order valence-corrected chi connectivity index (χ3v) is 2.47. The van der Waals surface area contributed by atoms with Crippen molar-refractivity contribution in [1.29, 1.82) is 0 Å². The molecule has 1 unspecified atom stereocenters. The van der Waals surface area contributed by atoms with Gasteiger partial charge < -0.3 is 4.74 Å². The van der Waals surface area contributed by atoms with Gasteiger partial charge in [-0.1, -0.05) is 24.3 Å². The van der Waals surface area contributed by atoms with Gasteiger partial charge in [-0.15, -0.1) is 0 Å². The third-order valence-electron chi connectivity index (χ3n) is 2.47. The Kier molecular flexibility index (Phi) is 4.50. The zero-order valence-electron chi connectivity index (χ0n) is 9.62. The van der Waals surface area contributed by atoms with Crippen LogP contribution in [0, 0.1) is 0 Å². The maximum atomic E-state index is 11.1. The summed E-state index contributed by atoms with van der Waals surface area (Å²) in [5.41, 5.74) is 2.33. The minimum Gasteiger partial charge on any atom is -0.381 e. The van der Waals surface area contributed by atoms with Gasteiger partial charge in [-0.05, 0) is 31.4 Å². The Labute approximate surface area is 91.3 Å². The molecule has 0 aliphatic rings. The van der Waals surface area contributed by atoms with Gasteiger partial charge in [0.15, 0.2) is 0 Å². The average molecular weight is 206 g/mol. The molecule has 0 amide bonds. The molecule has 0 heterocycles. The van der Waals surface area contributed by atoms with Gasteiger partial charge in [-0.3, -0.25) is 4.79 Å². The Bertz CT molecular complexity index is 331. The van der Waals surface area contributed by atoms with Gasteiger partial charge in [-0.2, -0.15) is 0 Å². The van der Waals surface area contributed by atoms with Gasteiger partial charge in [0, 0.05) is 13.5 Å². The van der Waals surface area contributed by atoms with Crippen LogP contribution in [0.3, 0.4) is 0 Å². The van der Waals surface area contributed by atoms with Crippen LogP contribution in [0.2, 0.25) is 0 Å². The first-order valence-electron chi connectivity index (χ1n) is 5.22. The van der Waals surface area contributed by atoms with Crippen molar-refractivity contribution in [3.05, 3.63) is 35.4 Å². The largest absolute Gasteiger partial charge is 0.381 e. The van der Waals surface area contributed by atoms with E-state index in [2.05, 4.69) is 6.07 Å². The van der Waals surface area contributed by atoms with E-state index in [4.69, 9.17) is 4.74 Å². The fourth-order valence-corrected chi connectivity index (χ4v) is 1.59. The normalized spacial score (nSPS) is 12.5. The van der Waals surface area contributed by atoms with Gasteiger partial charge in [-0.25, -0.2) is 0 Å². The highest BCUT2D eigenvalue weighted by atomic mass is 16.5. The minimum absolute atomic E-state index is 0.193. The Morgan fingerprint density at radius 2 is 1.93 bits per heavy atom.